The van der Waals surface area contributed by atoms with Gasteiger partial charge in [0.2, 0.25) is 0 Å². The van der Waals surface area contributed by atoms with Crippen molar-refractivity contribution in [3.8, 4) is 0 Å². The molecular formula is C11H20CuN3O5. The predicted octanol–water partition coefficient (Wildman–Crippen LogP) is -1.37. The van der Waals surface area contributed by atoms with Crippen LogP contribution in [0.15, 0.2) is 0 Å². The molecule has 0 fully saturated rings. The van der Waals surface area contributed by atoms with Gasteiger partial charge in [-0.25, -0.2) is 0 Å². The molecule has 0 aromatic heterocycles. The van der Waals surface area contributed by atoms with E-state index in [9.17, 15) is 14.4 Å². The summed E-state index contributed by atoms with van der Waals surface area (Å²) < 4.78 is 8.51. The molecule has 9 heteroatoms. The molecular weight excluding hydrogens is 318 g/mol. The van der Waals surface area contributed by atoms with Crippen LogP contribution in [0.4, 0.5) is 0 Å². The molecule has 0 bridgehead atoms. The van der Waals surface area contributed by atoms with Crippen LogP contribution in [0.3, 0.4) is 0 Å². The molecule has 20 heavy (non-hydrogen) atoms. The van der Waals surface area contributed by atoms with Crippen LogP contribution in [0.25, 0.3) is 0 Å². The molecule has 0 heterocycles. The van der Waals surface area contributed by atoms with Gasteiger partial charge in [0.25, 0.3) is 0 Å². The molecule has 0 aromatic carbocycles. The molecule has 0 aliphatic carbocycles. The molecule has 0 aromatic rings. The van der Waals surface area contributed by atoms with Crippen molar-refractivity contribution in [2.24, 2.45) is 17.2 Å². The van der Waals surface area contributed by atoms with E-state index in [1.165, 1.54) is 0 Å². The Morgan fingerprint density at radius 1 is 1.00 bits per heavy atom. The molecule has 8 nitrogen and oxygen atoms in total. The maximum atomic E-state index is 11.5. The van der Waals surface area contributed by atoms with Gasteiger partial charge in [-0.3, -0.25) is 0 Å². The van der Waals surface area contributed by atoms with Crippen LogP contribution in [0.1, 0.15) is 32.1 Å². The second kappa shape index (κ2) is 10.8. The molecule has 2 atom stereocenters. The minimum atomic E-state index is -1.11. The fourth-order valence-electron chi connectivity index (χ4n) is 1.30. The number of carbonyl (C=O) groups is 3. The van der Waals surface area contributed by atoms with Crippen molar-refractivity contribution < 1.29 is 39.3 Å². The zero-order chi connectivity index (χ0) is 15.5. The van der Waals surface area contributed by atoms with E-state index in [2.05, 4.69) is 24.9 Å². The first kappa shape index (κ1) is 19.0. The molecule has 0 aliphatic heterocycles. The van der Waals surface area contributed by atoms with Crippen LogP contribution in [-0.2, 0) is 39.3 Å². The second-order valence-electron chi connectivity index (χ2n) is 4.21. The van der Waals surface area contributed by atoms with E-state index >= 15 is 0 Å². The second-order valence-corrected chi connectivity index (χ2v) is 4.40. The quantitative estimate of drug-likeness (QED) is 0.202. The number of nitrogens with two attached hydrogens (primary N) is 3. The Bertz CT molecular complexity index is 340. The fourth-order valence-corrected chi connectivity index (χ4v) is 1.40. The minimum absolute atomic E-state index is 0.0271. The van der Waals surface area contributed by atoms with Crippen LogP contribution in [-0.4, -0.2) is 36.5 Å². The van der Waals surface area contributed by atoms with Gasteiger partial charge >= 0.3 is 113 Å². The van der Waals surface area contributed by atoms with E-state index in [0.717, 1.165) is 6.42 Å². The zero-order valence-electron chi connectivity index (χ0n) is 11.0. The summed E-state index contributed by atoms with van der Waals surface area (Å²) >= 11 is 4.20. The number of carbonyl (C=O) groups excluding carboxylic acids is 3. The molecule has 0 amide bonds. The standard InChI is InChI=1S/C11H21N3O5.Cu/c12-6-2-1-3-7(13)10(17)19-11(18)8(14)4-5-9(15)16;/h7-8H,1-6,12-14H2,(H,15,16);/q;+1/p-1/t7-,8-;/m0./s1. The van der Waals surface area contributed by atoms with E-state index in [1.54, 1.807) is 0 Å². The first-order valence-electron chi connectivity index (χ1n) is 6.17. The summed E-state index contributed by atoms with van der Waals surface area (Å²) in [5.41, 5.74) is 16.3. The van der Waals surface area contributed by atoms with Crippen molar-refractivity contribution in [1.82, 2.24) is 0 Å². The van der Waals surface area contributed by atoms with Crippen LogP contribution in [0, 0.1) is 0 Å². The SMILES string of the molecule is NCCCC[C@H](N)C(=O)OC(=O)[C@@H](N)CCC(=O)[O][Cu]. The summed E-state index contributed by atoms with van der Waals surface area (Å²) in [5, 5.41) is 0. The molecule has 0 saturated carbocycles. The first-order chi connectivity index (χ1) is 9.42. The Hall–Kier alpha value is -0.991. The molecule has 0 rings (SSSR count). The van der Waals surface area contributed by atoms with E-state index in [-0.39, 0.29) is 12.8 Å². The summed E-state index contributed by atoms with van der Waals surface area (Å²) in [5.74, 6) is -2.45. The van der Waals surface area contributed by atoms with Gasteiger partial charge in [-0.15, -0.1) is 0 Å². The molecule has 0 spiro atoms. The maximum absolute atomic E-state index is 11.5. The molecule has 0 radical (unpaired) electrons. The number of hydrogen-bond acceptors (Lipinski definition) is 8. The van der Waals surface area contributed by atoms with E-state index in [1.807, 2.05) is 0 Å². The van der Waals surface area contributed by atoms with Crippen molar-refractivity contribution in [2.75, 3.05) is 6.54 Å². The van der Waals surface area contributed by atoms with E-state index in [4.69, 9.17) is 17.2 Å². The Morgan fingerprint density at radius 2 is 1.55 bits per heavy atom. The molecule has 0 saturated heterocycles. The summed E-state index contributed by atoms with van der Waals surface area (Å²) in [6.07, 6.45) is 1.61. The monoisotopic (exact) mass is 337 g/mol. The van der Waals surface area contributed by atoms with Gasteiger partial charge in [0, 0.05) is 0 Å². The Morgan fingerprint density at radius 3 is 2.05 bits per heavy atom. The Labute approximate surface area is 125 Å². The summed E-state index contributed by atoms with van der Waals surface area (Å²) in [6.45, 7) is 0.504. The third-order valence-electron chi connectivity index (χ3n) is 2.50. The van der Waals surface area contributed by atoms with Crippen molar-refractivity contribution in [3.63, 3.8) is 0 Å². The number of esters is 2. The fraction of sp³-hybridized carbons (Fsp3) is 0.727. The van der Waals surface area contributed by atoms with Crippen LogP contribution in [0.5, 0.6) is 0 Å². The topological polar surface area (TPSA) is 148 Å². The molecule has 0 unspecified atom stereocenters. The Balaban J connectivity index is 4.04. The summed E-state index contributed by atoms with van der Waals surface area (Å²) in [7, 11) is 0. The van der Waals surface area contributed by atoms with Crippen LogP contribution < -0.4 is 17.2 Å². The third-order valence-corrected chi connectivity index (χ3v) is 2.72. The van der Waals surface area contributed by atoms with Gasteiger partial charge < -0.3 is 5.73 Å². The zero-order valence-corrected chi connectivity index (χ0v) is 11.9. The third kappa shape index (κ3) is 8.23. The normalized spacial score (nSPS) is 13.4. The van der Waals surface area contributed by atoms with E-state index in [0.29, 0.717) is 19.4 Å². The van der Waals surface area contributed by atoms with Crippen LogP contribution >= 0.6 is 0 Å². The van der Waals surface area contributed by atoms with Gasteiger partial charge in [0.1, 0.15) is 0 Å². The van der Waals surface area contributed by atoms with Crippen LogP contribution in [0.2, 0.25) is 0 Å². The van der Waals surface area contributed by atoms with Crippen molar-refractivity contribution in [2.45, 2.75) is 44.2 Å². The van der Waals surface area contributed by atoms with Gasteiger partial charge in [0.05, 0.1) is 0 Å². The Kier molecular flexibility index (Phi) is 10.2. The number of ether oxygens (including phenoxy) is 1. The van der Waals surface area contributed by atoms with Crippen molar-refractivity contribution in [3.05, 3.63) is 0 Å². The summed E-state index contributed by atoms with van der Waals surface area (Å²) in [4.78, 5) is 33.7. The summed E-state index contributed by atoms with van der Waals surface area (Å²) in [6, 6.07) is -2.00. The number of hydrogen-bond donors (Lipinski definition) is 3. The average Bonchev–Trinajstić information content (AvgIpc) is 2.43. The predicted molar refractivity (Wildman–Crippen MR) is 65.3 cm³/mol. The van der Waals surface area contributed by atoms with Gasteiger partial charge in [-0.1, -0.05) is 0 Å². The number of unbranched alkanes of at least 4 members (excludes halogenated alkanes) is 1. The van der Waals surface area contributed by atoms with Gasteiger partial charge in [-0.05, 0) is 6.54 Å². The van der Waals surface area contributed by atoms with Gasteiger partial charge in [0.15, 0.2) is 0 Å². The molecule has 0 aliphatic rings. The van der Waals surface area contributed by atoms with Crippen molar-refractivity contribution in [1.29, 1.82) is 0 Å². The average molecular weight is 338 g/mol. The molecule has 120 valence electrons. The first-order valence-corrected chi connectivity index (χ1v) is 6.55. The number of rotatable bonds is 9. The molecule has 6 N–H and O–H groups in total. The van der Waals surface area contributed by atoms with E-state index < -0.39 is 30.0 Å². The van der Waals surface area contributed by atoms with Crippen molar-refractivity contribution >= 4 is 17.9 Å². The van der Waals surface area contributed by atoms with Gasteiger partial charge in [-0.2, -0.15) is 0 Å².